The van der Waals surface area contributed by atoms with Crippen molar-refractivity contribution < 1.29 is 14.3 Å². The number of nitrogens with one attached hydrogen (secondary N) is 1. The minimum absolute atomic E-state index is 0.0361. The molecule has 5 nitrogen and oxygen atoms in total. The monoisotopic (exact) mass is 360 g/mol. The quantitative estimate of drug-likeness (QED) is 0.842. The number of esters is 1. The Bertz CT molecular complexity index is 806. The lowest BCUT2D eigenvalue weighted by molar-refractivity contribution is 0.0599. The van der Waals surface area contributed by atoms with Crippen molar-refractivity contribution in [2.24, 2.45) is 0 Å². The summed E-state index contributed by atoms with van der Waals surface area (Å²) >= 11 is 1.77. The summed E-state index contributed by atoms with van der Waals surface area (Å²) in [6.45, 7) is 6.59. The molecule has 3 heterocycles. The van der Waals surface area contributed by atoms with Gasteiger partial charge in [-0.25, -0.2) is 4.79 Å². The van der Waals surface area contributed by atoms with E-state index in [1.54, 1.807) is 11.3 Å². The van der Waals surface area contributed by atoms with Crippen molar-refractivity contribution in [1.82, 2.24) is 9.88 Å². The van der Waals surface area contributed by atoms with E-state index in [1.807, 2.05) is 18.7 Å². The van der Waals surface area contributed by atoms with Gasteiger partial charge >= 0.3 is 5.97 Å². The molecule has 1 amide bonds. The van der Waals surface area contributed by atoms with Crippen molar-refractivity contribution in [3.8, 4) is 0 Å². The number of aromatic nitrogens is 1. The highest BCUT2D eigenvalue weighted by molar-refractivity contribution is 7.10. The molecule has 2 aromatic heterocycles. The lowest BCUT2D eigenvalue weighted by atomic mass is 9.97. The highest BCUT2D eigenvalue weighted by Gasteiger charge is 2.33. The van der Waals surface area contributed by atoms with E-state index in [0.717, 1.165) is 18.5 Å². The molecule has 6 heteroatoms. The van der Waals surface area contributed by atoms with Gasteiger partial charge in [-0.3, -0.25) is 4.79 Å². The second-order valence-electron chi connectivity index (χ2n) is 6.30. The Labute approximate surface area is 152 Å². The van der Waals surface area contributed by atoms with Crippen LogP contribution in [0.1, 0.15) is 68.9 Å². The summed E-state index contributed by atoms with van der Waals surface area (Å²) in [6.07, 6.45) is 2.41. The van der Waals surface area contributed by atoms with Gasteiger partial charge in [0.1, 0.15) is 5.69 Å². The number of aromatic amines is 1. The molecule has 0 aliphatic carbocycles. The fourth-order valence-electron chi connectivity index (χ4n) is 3.74. The van der Waals surface area contributed by atoms with Crippen LogP contribution in [0.5, 0.6) is 0 Å². The Balaban J connectivity index is 1.99. The van der Waals surface area contributed by atoms with E-state index >= 15 is 0 Å². The van der Waals surface area contributed by atoms with Crippen LogP contribution < -0.4 is 0 Å². The van der Waals surface area contributed by atoms with Gasteiger partial charge in [0.05, 0.1) is 18.7 Å². The van der Waals surface area contributed by atoms with Crippen LogP contribution in [0.2, 0.25) is 0 Å². The molecule has 1 aliphatic rings. The molecule has 25 heavy (non-hydrogen) atoms. The molecular formula is C19H24N2O3S. The maximum absolute atomic E-state index is 13.3. The Morgan fingerprint density at radius 2 is 2.16 bits per heavy atom. The first-order chi connectivity index (χ1) is 12.0. The SMILES string of the molecule is CCc1[nH]c(C(=O)N2CCc3sccc3[C@@H]2CC)c(C)c1C(=O)OC. The average Bonchev–Trinajstić information content (AvgIpc) is 3.23. The molecule has 0 bridgehead atoms. The highest BCUT2D eigenvalue weighted by atomic mass is 32.1. The number of fused-ring (bicyclic) bond motifs is 1. The van der Waals surface area contributed by atoms with Crippen LogP contribution in [0.4, 0.5) is 0 Å². The standard InChI is InChI=1S/C19H24N2O3S/c1-5-13-16(19(23)24-4)11(3)17(20-13)18(22)21-9-7-15-12(8-10-25-15)14(21)6-2/h8,10,14,20H,5-7,9H2,1-4H3/t14-/m0/s1. The maximum Gasteiger partial charge on any atom is 0.339 e. The number of hydrogen-bond donors (Lipinski definition) is 1. The van der Waals surface area contributed by atoms with E-state index in [2.05, 4.69) is 23.4 Å². The number of rotatable bonds is 4. The summed E-state index contributed by atoms with van der Waals surface area (Å²) in [5.41, 5.74) is 3.71. The number of aryl methyl sites for hydroxylation is 1. The molecular weight excluding hydrogens is 336 g/mol. The van der Waals surface area contributed by atoms with Gasteiger partial charge in [-0.1, -0.05) is 13.8 Å². The summed E-state index contributed by atoms with van der Waals surface area (Å²) in [6, 6.07) is 2.23. The van der Waals surface area contributed by atoms with Crippen molar-refractivity contribution in [3.05, 3.63) is 44.4 Å². The first-order valence-corrected chi connectivity index (χ1v) is 9.58. The first kappa shape index (κ1) is 17.7. The van der Waals surface area contributed by atoms with Gasteiger partial charge in [0.25, 0.3) is 5.91 Å². The molecule has 1 aliphatic heterocycles. The van der Waals surface area contributed by atoms with E-state index in [-0.39, 0.29) is 11.9 Å². The molecule has 134 valence electrons. The molecule has 0 radical (unpaired) electrons. The lowest BCUT2D eigenvalue weighted by Gasteiger charge is -2.35. The van der Waals surface area contributed by atoms with Crippen molar-refractivity contribution in [3.63, 3.8) is 0 Å². The molecule has 0 unspecified atom stereocenters. The molecule has 0 spiro atoms. The Morgan fingerprint density at radius 1 is 1.40 bits per heavy atom. The zero-order chi connectivity index (χ0) is 18.1. The third kappa shape index (κ3) is 2.88. The fraction of sp³-hybridized carbons (Fsp3) is 0.474. The number of carbonyl (C=O) groups excluding carboxylic acids is 2. The Kier molecular flexibility index (Phi) is 4.99. The van der Waals surface area contributed by atoms with Crippen molar-refractivity contribution in [2.45, 2.75) is 46.1 Å². The van der Waals surface area contributed by atoms with Gasteiger partial charge < -0.3 is 14.6 Å². The predicted octanol–water partition coefficient (Wildman–Crippen LogP) is 3.88. The fourth-order valence-corrected chi connectivity index (χ4v) is 4.67. The first-order valence-electron chi connectivity index (χ1n) is 8.70. The van der Waals surface area contributed by atoms with Crippen molar-refractivity contribution in [2.75, 3.05) is 13.7 Å². The zero-order valence-electron chi connectivity index (χ0n) is 15.1. The summed E-state index contributed by atoms with van der Waals surface area (Å²) < 4.78 is 4.89. The second kappa shape index (κ2) is 7.04. The molecule has 3 rings (SSSR count). The van der Waals surface area contributed by atoms with Crippen molar-refractivity contribution in [1.29, 1.82) is 0 Å². The Hall–Kier alpha value is -2.08. The van der Waals surface area contributed by atoms with E-state index in [0.29, 0.717) is 29.8 Å². The number of amides is 1. The van der Waals surface area contributed by atoms with Crippen LogP contribution in [-0.2, 0) is 17.6 Å². The summed E-state index contributed by atoms with van der Waals surface area (Å²) in [5.74, 6) is -0.429. The lowest BCUT2D eigenvalue weighted by Crippen LogP contribution is -2.39. The average molecular weight is 360 g/mol. The third-order valence-corrected chi connectivity index (χ3v) is 6.02. The van der Waals surface area contributed by atoms with E-state index in [4.69, 9.17) is 4.74 Å². The zero-order valence-corrected chi connectivity index (χ0v) is 16.0. The van der Waals surface area contributed by atoms with Crippen molar-refractivity contribution >= 4 is 23.2 Å². The van der Waals surface area contributed by atoms with Crippen LogP contribution in [0.3, 0.4) is 0 Å². The maximum atomic E-state index is 13.3. The molecule has 0 saturated carbocycles. The number of nitrogens with zero attached hydrogens (tertiary/aromatic N) is 1. The van der Waals surface area contributed by atoms with Gasteiger partial charge in [-0.2, -0.15) is 0 Å². The largest absolute Gasteiger partial charge is 0.465 e. The minimum atomic E-state index is -0.393. The van der Waals surface area contributed by atoms with Crippen LogP contribution in [0.15, 0.2) is 11.4 Å². The number of methoxy groups -OCH3 is 1. The van der Waals surface area contributed by atoms with Gasteiger partial charge in [-0.05, 0) is 48.8 Å². The molecule has 2 aromatic rings. The number of hydrogen-bond acceptors (Lipinski definition) is 4. The van der Waals surface area contributed by atoms with Gasteiger partial charge in [0.15, 0.2) is 0 Å². The Morgan fingerprint density at radius 3 is 2.80 bits per heavy atom. The third-order valence-electron chi connectivity index (χ3n) is 5.03. The predicted molar refractivity (Wildman–Crippen MR) is 98.3 cm³/mol. The van der Waals surface area contributed by atoms with Crippen LogP contribution in [0.25, 0.3) is 0 Å². The smallest absolute Gasteiger partial charge is 0.339 e. The van der Waals surface area contributed by atoms with E-state index in [9.17, 15) is 9.59 Å². The summed E-state index contributed by atoms with van der Waals surface area (Å²) in [7, 11) is 1.37. The topological polar surface area (TPSA) is 62.4 Å². The second-order valence-corrected chi connectivity index (χ2v) is 7.30. The minimum Gasteiger partial charge on any atom is -0.465 e. The molecule has 1 atom stereocenters. The normalized spacial score (nSPS) is 16.6. The van der Waals surface area contributed by atoms with Crippen LogP contribution >= 0.6 is 11.3 Å². The molecule has 1 N–H and O–H groups in total. The number of carbonyl (C=O) groups is 2. The van der Waals surface area contributed by atoms with Gasteiger partial charge in [-0.15, -0.1) is 11.3 Å². The van der Waals surface area contributed by atoms with E-state index in [1.165, 1.54) is 17.6 Å². The van der Waals surface area contributed by atoms with Gasteiger partial charge in [0.2, 0.25) is 0 Å². The summed E-state index contributed by atoms with van der Waals surface area (Å²) in [5, 5.41) is 2.10. The molecule has 0 aromatic carbocycles. The molecule has 0 fully saturated rings. The van der Waals surface area contributed by atoms with E-state index < -0.39 is 5.97 Å². The highest BCUT2D eigenvalue weighted by Crippen LogP contribution is 2.36. The van der Waals surface area contributed by atoms with Gasteiger partial charge in [0, 0.05) is 17.1 Å². The number of ether oxygens (including phenoxy) is 1. The number of thiophene rings is 1. The molecule has 0 saturated heterocycles. The van der Waals surface area contributed by atoms with Crippen LogP contribution in [-0.4, -0.2) is 35.4 Å². The van der Waals surface area contributed by atoms with Crippen LogP contribution in [0, 0.1) is 6.92 Å². The summed E-state index contributed by atoms with van der Waals surface area (Å²) in [4.78, 5) is 31.9. The number of H-pyrrole nitrogens is 1.